The summed E-state index contributed by atoms with van der Waals surface area (Å²) in [6.45, 7) is 15.3. The fourth-order valence-electron chi connectivity index (χ4n) is 2.87. The topological polar surface area (TPSA) is 55.2 Å². The Morgan fingerprint density at radius 3 is 2.21 bits per heavy atom. The molecule has 0 spiro atoms. The van der Waals surface area contributed by atoms with Crippen LogP contribution in [0.15, 0.2) is 0 Å². The third-order valence-electron chi connectivity index (χ3n) is 4.23. The van der Waals surface area contributed by atoms with Gasteiger partial charge in [-0.05, 0) is 46.0 Å². The van der Waals surface area contributed by atoms with Crippen LogP contribution in [-0.2, 0) is 4.79 Å². The molecular weight excluding hydrogens is 240 g/mol. The molecule has 1 rings (SSSR count). The van der Waals surface area contributed by atoms with E-state index in [1.54, 1.807) is 5.06 Å². The summed E-state index contributed by atoms with van der Waals surface area (Å²) in [5.74, 6) is -0.0166. The van der Waals surface area contributed by atoms with Gasteiger partial charge < -0.3 is 10.5 Å². The fraction of sp³-hybridized carbons (Fsp3) is 0.933. The Hall–Kier alpha value is -0.610. The van der Waals surface area contributed by atoms with Crippen LogP contribution in [0.2, 0.25) is 0 Å². The van der Waals surface area contributed by atoms with Crippen molar-refractivity contribution >= 4 is 5.91 Å². The van der Waals surface area contributed by atoms with Crippen molar-refractivity contribution in [2.45, 2.75) is 72.4 Å². The summed E-state index contributed by atoms with van der Waals surface area (Å²) in [6.07, 6.45) is 1.71. The lowest BCUT2D eigenvalue weighted by molar-refractivity contribution is -0.197. The molecule has 3 N–H and O–H groups in total. The molecule has 0 saturated carbocycles. The molecule has 0 aromatic rings. The molecule has 1 heterocycles. The Morgan fingerprint density at radius 1 is 1.32 bits per heavy atom. The molecule has 0 aliphatic carbocycles. The zero-order valence-electron chi connectivity index (χ0n) is 13.6. The van der Waals surface area contributed by atoms with E-state index in [2.05, 4.69) is 26.1 Å². The third-order valence-corrected chi connectivity index (χ3v) is 4.23. The molecule has 1 aliphatic heterocycles. The minimum Gasteiger partial charge on any atom is -0.356 e. The van der Waals surface area contributed by atoms with Crippen LogP contribution in [0.3, 0.4) is 0 Å². The Bertz CT molecular complexity index is 343. The van der Waals surface area contributed by atoms with Crippen molar-refractivity contribution in [3.8, 4) is 0 Å². The first-order valence-electron chi connectivity index (χ1n) is 7.17. The van der Waals surface area contributed by atoms with Crippen LogP contribution < -0.4 is 5.32 Å². The van der Waals surface area contributed by atoms with Crippen LogP contribution in [0.1, 0.15) is 61.3 Å². The quantitative estimate of drug-likeness (QED) is 0.799. The van der Waals surface area contributed by atoms with Crippen LogP contribution in [0.4, 0.5) is 0 Å². The van der Waals surface area contributed by atoms with Gasteiger partial charge in [0, 0.05) is 6.54 Å². The van der Waals surface area contributed by atoms with Gasteiger partial charge in [0.05, 0.1) is 17.0 Å². The number of carbonyl (C=O) groups excluding carboxylic acids is 1. The second kappa shape index (κ2) is 5.06. The van der Waals surface area contributed by atoms with E-state index in [4.69, 9.17) is 5.21 Å². The largest absolute Gasteiger partial charge is 0.356 e. The summed E-state index contributed by atoms with van der Waals surface area (Å²) in [5.41, 5.74) is -0.413. The maximum atomic E-state index is 12.4. The van der Waals surface area contributed by atoms with Gasteiger partial charge in [0.1, 0.15) is 0 Å². The molecule has 4 nitrogen and oxygen atoms in total. The van der Waals surface area contributed by atoms with Crippen LogP contribution in [0.5, 0.6) is 0 Å². The van der Waals surface area contributed by atoms with E-state index in [1.807, 2.05) is 27.7 Å². The lowest BCUT2D eigenvalue weighted by Gasteiger charge is -2.31. The second-order valence-corrected chi connectivity index (χ2v) is 8.16. The van der Waals surface area contributed by atoms with Gasteiger partial charge >= 0.3 is 0 Å². The zero-order valence-corrected chi connectivity index (χ0v) is 13.6. The SMILES string of the molecule is CC(C)(C)CCNC(=O)C1CC(C)(C)N([OH2+])C1(C)C. The number of nitrogens with zero attached hydrogens (tertiary/aromatic N) is 1. The predicted octanol–water partition coefficient (Wildman–Crippen LogP) is 2.06. The first-order valence-corrected chi connectivity index (χ1v) is 7.17. The second-order valence-electron chi connectivity index (χ2n) is 8.16. The van der Waals surface area contributed by atoms with Crippen LogP contribution in [0, 0.1) is 11.3 Å². The Balaban J connectivity index is 2.63. The van der Waals surface area contributed by atoms with Crippen LogP contribution in [-0.4, -0.2) is 33.8 Å². The van der Waals surface area contributed by atoms with Crippen molar-refractivity contribution in [2.75, 3.05) is 6.54 Å². The van der Waals surface area contributed by atoms with Gasteiger partial charge in [0.25, 0.3) is 0 Å². The minimum absolute atomic E-state index is 0.0945. The Labute approximate surface area is 117 Å². The molecular formula is C15H31N2O2+. The number of nitrogens with one attached hydrogen (secondary N) is 1. The summed E-state index contributed by atoms with van der Waals surface area (Å²) in [6, 6.07) is 0. The molecule has 1 atom stereocenters. The van der Waals surface area contributed by atoms with Gasteiger partial charge in [0.2, 0.25) is 5.91 Å². The molecule has 0 bridgehead atoms. The molecule has 1 saturated heterocycles. The van der Waals surface area contributed by atoms with Gasteiger partial charge in [-0.1, -0.05) is 25.8 Å². The lowest BCUT2D eigenvalue weighted by atomic mass is 9.86. The molecule has 1 fully saturated rings. The highest BCUT2D eigenvalue weighted by Crippen LogP contribution is 2.43. The highest BCUT2D eigenvalue weighted by atomic mass is 16.5. The number of amides is 1. The smallest absolute Gasteiger partial charge is 0.225 e. The normalized spacial score (nSPS) is 26.4. The number of hydroxylamine groups is 2. The third kappa shape index (κ3) is 3.69. The summed E-state index contributed by atoms with van der Waals surface area (Å²) in [5, 5.41) is 12.8. The number of hydrogen-bond acceptors (Lipinski definition) is 2. The van der Waals surface area contributed by atoms with Crippen molar-refractivity contribution < 1.29 is 10.0 Å². The predicted molar refractivity (Wildman–Crippen MR) is 78.8 cm³/mol. The standard InChI is InChI=1S/C15H30N2O2/c1-13(2,3)8-9-16-12(18)11-10-14(4,5)17(19)15(11,6)7/h11,19H,8-10H2,1-7H3,(H,16,18)/p+1. The summed E-state index contributed by atoms with van der Waals surface area (Å²) >= 11 is 0. The van der Waals surface area contributed by atoms with E-state index in [0.29, 0.717) is 6.54 Å². The van der Waals surface area contributed by atoms with E-state index in [1.165, 1.54) is 0 Å². The molecule has 0 aromatic carbocycles. The monoisotopic (exact) mass is 271 g/mol. The fourth-order valence-corrected chi connectivity index (χ4v) is 2.87. The first-order chi connectivity index (χ1) is 8.38. The van der Waals surface area contributed by atoms with E-state index < -0.39 is 5.54 Å². The molecule has 0 radical (unpaired) electrons. The average Bonchev–Trinajstić information content (AvgIpc) is 2.37. The number of rotatable bonds is 3. The van der Waals surface area contributed by atoms with Crippen LogP contribution >= 0.6 is 0 Å². The highest BCUT2D eigenvalue weighted by Gasteiger charge is 2.57. The van der Waals surface area contributed by atoms with Gasteiger partial charge in [-0.15, -0.1) is 0 Å². The van der Waals surface area contributed by atoms with Crippen molar-refractivity contribution in [1.82, 2.24) is 10.4 Å². The zero-order chi connectivity index (χ0) is 15.1. The molecule has 112 valence electrons. The van der Waals surface area contributed by atoms with E-state index >= 15 is 0 Å². The van der Waals surface area contributed by atoms with E-state index in [0.717, 1.165) is 12.8 Å². The Kier molecular flexibility index (Phi) is 4.38. The molecule has 4 heteroatoms. The van der Waals surface area contributed by atoms with Crippen molar-refractivity contribution in [3.63, 3.8) is 0 Å². The minimum atomic E-state index is -0.407. The van der Waals surface area contributed by atoms with Crippen molar-refractivity contribution in [1.29, 1.82) is 0 Å². The molecule has 0 aromatic heterocycles. The van der Waals surface area contributed by atoms with Gasteiger partial charge in [-0.2, -0.15) is 0 Å². The summed E-state index contributed by atoms with van der Waals surface area (Å²) in [4.78, 5) is 12.4. The van der Waals surface area contributed by atoms with Gasteiger partial charge in [0.15, 0.2) is 0 Å². The number of carbonyl (C=O) groups is 1. The summed E-state index contributed by atoms with van der Waals surface area (Å²) in [7, 11) is 0. The lowest BCUT2D eigenvalue weighted by Crippen LogP contribution is -2.50. The molecule has 1 amide bonds. The maximum Gasteiger partial charge on any atom is 0.225 e. The average molecular weight is 271 g/mol. The number of hydrogen-bond donors (Lipinski definition) is 1. The molecule has 19 heavy (non-hydrogen) atoms. The van der Waals surface area contributed by atoms with Gasteiger partial charge in [-0.3, -0.25) is 4.79 Å². The summed E-state index contributed by atoms with van der Waals surface area (Å²) < 4.78 is 0. The molecule has 1 aliphatic rings. The first kappa shape index (κ1) is 16.4. The van der Waals surface area contributed by atoms with Crippen molar-refractivity contribution in [3.05, 3.63) is 0 Å². The van der Waals surface area contributed by atoms with Crippen LogP contribution in [0.25, 0.3) is 0 Å². The molecule has 1 unspecified atom stereocenters. The highest BCUT2D eigenvalue weighted by molar-refractivity contribution is 5.80. The van der Waals surface area contributed by atoms with E-state index in [9.17, 15) is 4.79 Å². The maximum absolute atomic E-state index is 12.4. The van der Waals surface area contributed by atoms with E-state index in [-0.39, 0.29) is 22.8 Å². The van der Waals surface area contributed by atoms with Crippen molar-refractivity contribution in [2.24, 2.45) is 11.3 Å². The van der Waals surface area contributed by atoms with Gasteiger partial charge in [-0.25, -0.2) is 0 Å². The Morgan fingerprint density at radius 2 is 1.84 bits per heavy atom.